The van der Waals surface area contributed by atoms with Crippen LogP contribution in [0.2, 0.25) is 0 Å². The zero-order valence-electron chi connectivity index (χ0n) is 30.7. The molecule has 4 nitrogen and oxygen atoms in total. The Morgan fingerprint density at radius 3 is 1.62 bits per heavy atom. The lowest BCUT2D eigenvalue weighted by molar-refractivity contribution is 0.981. The van der Waals surface area contributed by atoms with Crippen LogP contribution in [0.3, 0.4) is 0 Å². The van der Waals surface area contributed by atoms with Gasteiger partial charge in [-0.2, -0.15) is 0 Å². The van der Waals surface area contributed by atoms with Gasteiger partial charge in [0.15, 0.2) is 5.82 Å². The molecule has 0 N–H and O–H groups in total. The van der Waals surface area contributed by atoms with E-state index in [1.54, 1.807) is 0 Å². The lowest BCUT2D eigenvalue weighted by Gasteiger charge is -2.18. The lowest BCUT2D eigenvalue weighted by atomic mass is 9.90. The van der Waals surface area contributed by atoms with Gasteiger partial charge in [0.05, 0.1) is 33.6 Å². The summed E-state index contributed by atoms with van der Waals surface area (Å²) in [7, 11) is 0. The number of allylic oxidation sites excluding steroid dienone is 1. The molecule has 0 radical (unpaired) electrons. The second-order valence-electron chi connectivity index (χ2n) is 14.5. The smallest absolute Gasteiger partial charge is 0.160 e. The van der Waals surface area contributed by atoms with Crippen LogP contribution in [-0.4, -0.2) is 19.1 Å². The van der Waals surface area contributed by atoms with Crippen LogP contribution < -0.4 is 0 Å². The van der Waals surface area contributed by atoms with E-state index in [0.29, 0.717) is 0 Å². The van der Waals surface area contributed by atoms with Crippen molar-refractivity contribution in [2.24, 2.45) is 0 Å². The Labute approximate surface area is 325 Å². The minimum absolute atomic E-state index is 0.719. The van der Waals surface area contributed by atoms with Crippen molar-refractivity contribution in [2.75, 3.05) is 0 Å². The number of fused-ring (bicyclic) bond motifs is 6. The van der Waals surface area contributed by atoms with Gasteiger partial charge in [0.25, 0.3) is 0 Å². The van der Waals surface area contributed by atoms with Crippen molar-refractivity contribution in [3.05, 3.63) is 205 Å². The Morgan fingerprint density at radius 2 is 0.911 bits per heavy atom. The van der Waals surface area contributed by atoms with E-state index in [-0.39, 0.29) is 0 Å². The maximum Gasteiger partial charge on any atom is 0.160 e. The maximum atomic E-state index is 5.09. The van der Waals surface area contributed by atoms with Gasteiger partial charge in [0.1, 0.15) is 0 Å². The van der Waals surface area contributed by atoms with Crippen molar-refractivity contribution in [1.29, 1.82) is 0 Å². The predicted octanol–water partition coefficient (Wildman–Crippen LogP) is 13.0. The standard InChI is InChI=1S/C52H36N4/c1-4-14-35(15-5-1)46-34-47(54-52(53-46)37-16-6-2-7-17-37)36-24-28-41(29-25-36)56-48-22-12-10-20-42(48)44-30-26-39(33-51(44)56)38-27-31-50-45(32-38)43-21-11-13-23-49(43)55(50)40-18-8-3-9-19-40/h1-25,27-29,31-34H,26,30H2. The van der Waals surface area contributed by atoms with E-state index in [2.05, 4.69) is 179 Å². The van der Waals surface area contributed by atoms with E-state index in [4.69, 9.17) is 9.97 Å². The third-order valence-electron chi connectivity index (χ3n) is 11.3. The second-order valence-corrected chi connectivity index (χ2v) is 14.5. The molecular formula is C52H36N4. The molecule has 1 aliphatic rings. The van der Waals surface area contributed by atoms with E-state index >= 15 is 0 Å². The number of aryl methyl sites for hydroxylation is 1. The number of hydrogen-bond donors (Lipinski definition) is 0. The fourth-order valence-electron chi connectivity index (χ4n) is 8.62. The molecule has 0 aliphatic heterocycles. The average Bonchev–Trinajstić information content (AvgIpc) is 3.79. The summed E-state index contributed by atoms with van der Waals surface area (Å²) >= 11 is 0. The van der Waals surface area contributed by atoms with Crippen molar-refractivity contribution >= 4 is 44.4 Å². The molecule has 11 rings (SSSR count). The van der Waals surface area contributed by atoms with Gasteiger partial charge in [-0.25, -0.2) is 9.97 Å². The molecule has 0 saturated carbocycles. The molecule has 7 aromatic carbocycles. The Hall–Kier alpha value is -7.30. The molecule has 3 heterocycles. The van der Waals surface area contributed by atoms with Crippen LogP contribution in [0.4, 0.5) is 0 Å². The molecule has 3 aromatic heterocycles. The van der Waals surface area contributed by atoms with Crippen LogP contribution in [0.25, 0.3) is 89.6 Å². The molecule has 1 aliphatic carbocycles. The molecule has 0 amide bonds. The molecular weight excluding hydrogens is 681 g/mol. The quantitative estimate of drug-likeness (QED) is 0.172. The molecule has 4 heteroatoms. The first-order chi connectivity index (χ1) is 27.8. The third-order valence-corrected chi connectivity index (χ3v) is 11.3. The van der Waals surface area contributed by atoms with Crippen molar-refractivity contribution in [3.8, 4) is 45.3 Å². The van der Waals surface area contributed by atoms with E-state index in [0.717, 1.165) is 52.4 Å². The highest BCUT2D eigenvalue weighted by Crippen LogP contribution is 2.41. The van der Waals surface area contributed by atoms with Gasteiger partial charge in [0, 0.05) is 44.2 Å². The summed E-state index contributed by atoms with van der Waals surface area (Å²) in [6.45, 7) is 0. The zero-order chi connectivity index (χ0) is 37.0. The van der Waals surface area contributed by atoms with Crippen LogP contribution in [0, 0.1) is 0 Å². The average molecular weight is 717 g/mol. The number of para-hydroxylation sites is 3. The zero-order valence-corrected chi connectivity index (χ0v) is 30.7. The van der Waals surface area contributed by atoms with Gasteiger partial charge in [0.2, 0.25) is 0 Å². The summed E-state index contributed by atoms with van der Waals surface area (Å²) in [5, 5.41) is 3.87. The van der Waals surface area contributed by atoms with Gasteiger partial charge in [-0.1, -0.05) is 133 Å². The first-order valence-corrected chi connectivity index (χ1v) is 19.3. The summed E-state index contributed by atoms with van der Waals surface area (Å²) in [5.41, 5.74) is 16.2. The topological polar surface area (TPSA) is 35.6 Å². The fraction of sp³-hybridized carbons (Fsp3) is 0.0385. The fourth-order valence-corrected chi connectivity index (χ4v) is 8.62. The lowest BCUT2D eigenvalue weighted by Crippen LogP contribution is -2.03. The van der Waals surface area contributed by atoms with Gasteiger partial charge in [-0.3, -0.25) is 0 Å². The molecule has 0 spiro atoms. The Morgan fingerprint density at radius 1 is 0.375 bits per heavy atom. The van der Waals surface area contributed by atoms with Gasteiger partial charge < -0.3 is 9.13 Å². The van der Waals surface area contributed by atoms with Gasteiger partial charge in [-0.05, 0) is 90.2 Å². The predicted molar refractivity (Wildman–Crippen MR) is 232 cm³/mol. The van der Waals surface area contributed by atoms with Crippen molar-refractivity contribution in [2.45, 2.75) is 12.8 Å². The molecule has 0 bridgehead atoms. The highest BCUT2D eigenvalue weighted by Gasteiger charge is 2.23. The Balaban J connectivity index is 1.02. The maximum absolute atomic E-state index is 5.09. The summed E-state index contributed by atoms with van der Waals surface area (Å²) < 4.78 is 4.83. The van der Waals surface area contributed by atoms with Gasteiger partial charge >= 0.3 is 0 Å². The summed E-state index contributed by atoms with van der Waals surface area (Å²) in [6, 6.07) is 66.9. The second kappa shape index (κ2) is 13.2. The van der Waals surface area contributed by atoms with Crippen molar-refractivity contribution < 1.29 is 0 Å². The minimum atomic E-state index is 0.719. The number of nitrogens with zero attached hydrogens (tertiary/aromatic N) is 4. The molecule has 264 valence electrons. The summed E-state index contributed by atoms with van der Waals surface area (Å²) in [5.74, 6) is 0.719. The number of aromatic nitrogens is 4. The summed E-state index contributed by atoms with van der Waals surface area (Å²) in [4.78, 5) is 10.1. The molecule has 0 saturated heterocycles. The Kier molecular flexibility index (Phi) is 7.59. The molecule has 10 aromatic rings. The third kappa shape index (κ3) is 5.38. The number of hydrogen-bond acceptors (Lipinski definition) is 2. The number of rotatable bonds is 6. The first-order valence-electron chi connectivity index (χ1n) is 19.3. The minimum Gasteiger partial charge on any atom is -0.310 e. The van der Waals surface area contributed by atoms with Crippen LogP contribution in [0.5, 0.6) is 0 Å². The monoisotopic (exact) mass is 716 g/mol. The van der Waals surface area contributed by atoms with Crippen molar-refractivity contribution in [1.82, 2.24) is 19.1 Å². The van der Waals surface area contributed by atoms with Crippen molar-refractivity contribution in [3.63, 3.8) is 0 Å². The van der Waals surface area contributed by atoms with Crippen LogP contribution in [0.1, 0.15) is 23.2 Å². The summed E-state index contributed by atoms with van der Waals surface area (Å²) in [6.07, 6.45) is 4.42. The number of benzene rings is 7. The molecule has 0 unspecified atom stereocenters. The van der Waals surface area contributed by atoms with E-state index in [1.165, 1.54) is 60.8 Å². The van der Waals surface area contributed by atoms with Crippen LogP contribution >= 0.6 is 0 Å². The van der Waals surface area contributed by atoms with Gasteiger partial charge in [-0.15, -0.1) is 0 Å². The molecule has 56 heavy (non-hydrogen) atoms. The van der Waals surface area contributed by atoms with E-state index in [9.17, 15) is 0 Å². The largest absolute Gasteiger partial charge is 0.310 e. The highest BCUT2D eigenvalue weighted by atomic mass is 15.0. The molecule has 0 atom stereocenters. The normalized spacial score (nSPS) is 12.6. The first kappa shape index (κ1) is 32.2. The SMILES string of the molecule is C1=C(c2ccc3c(c2)c2ccccc2n3-c2ccccc2)CCc2c1n(-c1ccc(-c3cc(-c4ccccc4)nc(-c4ccccc4)n3)cc1)c1ccccc21. The van der Waals surface area contributed by atoms with Crippen LogP contribution in [0.15, 0.2) is 188 Å². The Bertz CT molecular complexity index is 3040. The van der Waals surface area contributed by atoms with Crippen LogP contribution in [-0.2, 0) is 6.42 Å². The highest BCUT2D eigenvalue weighted by molar-refractivity contribution is 6.10. The van der Waals surface area contributed by atoms with E-state index < -0.39 is 0 Å². The van der Waals surface area contributed by atoms with E-state index in [1.807, 2.05) is 24.3 Å². The molecule has 0 fully saturated rings.